The van der Waals surface area contributed by atoms with Gasteiger partial charge in [0, 0.05) is 12.5 Å². The lowest BCUT2D eigenvalue weighted by Crippen LogP contribution is -2.71. The second kappa shape index (κ2) is 16.7. The number of esters is 1. The zero-order valence-electron chi connectivity index (χ0n) is 26.2. The first kappa shape index (κ1) is 33.6. The molecule has 1 fully saturated rings. The number of Topliss-reactive ketones (excluding diaryl/α,β-unsaturated/α-hetero) is 1. The highest BCUT2D eigenvalue weighted by Gasteiger charge is 2.64. The summed E-state index contributed by atoms with van der Waals surface area (Å²) in [5.41, 5.74) is 0.464. The van der Waals surface area contributed by atoms with E-state index in [0.717, 1.165) is 16.7 Å². The summed E-state index contributed by atoms with van der Waals surface area (Å²) < 4.78 is 32.5. The van der Waals surface area contributed by atoms with Gasteiger partial charge in [-0.1, -0.05) is 128 Å². The highest BCUT2D eigenvalue weighted by Crippen LogP contribution is 2.44. The molecule has 5 atom stereocenters. The Balaban J connectivity index is 1.58. The highest BCUT2D eigenvalue weighted by atomic mass is 32.2. The predicted molar refractivity (Wildman–Crippen MR) is 178 cm³/mol. The Morgan fingerprint density at radius 2 is 1.22 bits per heavy atom. The smallest absolute Gasteiger partial charge is 0.303 e. The molecule has 1 heterocycles. The molecule has 1 saturated heterocycles. The third-order valence-electron chi connectivity index (χ3n) is 7.71. The van der Waals surface area contributed by atoms with E-state index in [1.54, 1.807) is 24.3 Å². The van der Waals surface area contributed by atoms with Crippen molar-refractivity contribution < 1.29 is 33.3 Å². The summed E-state index contributed by atoms with van der Waals surface area (Å²) >= 11 is 1.39. The van der Waals surface area contributed by atoms with Gasteiger partial charge in [0.05, 0.1) is 26.4 Å². The average molecular weight is 641 g/mol. The van der Waals surface area contributed by atoms with Crippen LogP contribution in [0.1, 0.15) is 40.9 Å². The van der Waals surface area contributed by atoms with Gasteiger partial charge in [0.1, 0.15) is 18.3 Å². The number of hydrogen-bond donors (Lipinski definition) is 0. The summed E-state index contributed by atoms with van der Waals surface area (Å²) in [6.45, 7) is 4.18. The molecule has 7 nitrogen and oxygen atoms in total. The standard InChI is InChI=1S/C38H40O7S/c1-3-46-37-38(45-28(2)39,35(40)32-22-14-7-15-23-32)36(43-26-31-20-12-6-13-21-31)34(42-25-30-18-10-5-11-19-30)33(44-37)27-41-24-29-16-8-4-9-17-29/h4-23,33-34,36-37H,3,24-27H2,1-2H3/t33-,34-,36+,37-,38+/m1/s1. The molecule has 0 unspecified atom stereocenters. The van der Waals surface area contributed by atoms with Crippen LogP contribution in [0.4, 0.5) is 0 Å². The van der Waals surface area contributed by atoms with Crippen molar-refractivity contribution in [2.75, 3.05) is 12.4 Å². The molecule has 0 spiro atoms. The number of carbonyl (C=O) groups excluding carboxylic acids is 2. The van der Waals surface area contributed by atoms with Gasteiger partial charge in [0.2, 0.25) is 11.4 Å². The van der Waals surface area contributed by atoms with E-state index >= 15 is 0 Å². The van der Waals surface area contributed by atoms with Crippen LogP contribution in [-0.2, 0) is 48.3 Å². The Labute approximate surface area is 275 Å². The summed E-state index contributed by atoms with van der Waals surface area (Å²) in [6.07, 6.45) is -2.54. The summed E-state index contributed by atoms with van der Waals surface area (Å²) in [7, 11) is 0. The highest BCUT2D eigenvalue weighted by molar-refractivity contribution is 7.99. The van der Waals surface area contributed by atoms with Crippen LogP contribution in [0.3, 0.4) is 0 Å². The van der Waals surface area contributed by atoms with Crippen molar-refractivity contribution >= 4 is 23.5 Å². The lowest BCUT2D eigenvalue weighted by Gasteiger charge is -2.51. The van der Waals surface area contributed by atoms with Crippen molar-refractivity contribution in [2.45, 2.75) is 63.0 Å². The first-order valence-electron chi connectivity index (χ1n) is 15.5. The molecule has 1 aliphatic rings. The molecular formula is C38H40O7S. The second-order valence-corrected chi connectivity index (χ2v) is 12.4. The summed E-state index contributed by atoms with van der Waals surface area (Å²) in [6, 6.07) is 38.1. The minimum Gasteiger partial charge on any atom is -0.444 e. The third-order valence-corrected chi connectivity index (χ3v) is 8.81. The van der Waals surface area contributed by atoms with Gasteiger partial charge in [-0.15, -0.1) is 11.8 Å². The maximum Gasteiger partial charge on any atom is 0.303 e. The molecule has 0 saturated carbocycles. The number of carbonyl (C=O) groups is 2. The van der Waals surface area contributed by atoms with Crippen LogP contribution in [0.5, 0.6) is 0 Å². The minimum absolute atomic E-state index is 0.156. The predicted octanol–water partition coefficient (Wildman–Crippen LogP) is 7.04. The Bertz CT molecular complexity index is 1500. The van der Waals surface area contributed by atoms with Gasteiger partial charge in [-0.2, -0.15) is 0 Å². The molecule has 0 N–H and O–H groups in total. The number of rotatable bonds is 15. The Morgan fingerprint density at radius 1 is 0.717 bits per heavy atom. The molecule has 0 aliphatic carbocycles. The molecule has 1 aliphatic heterocycles. The molecule has 8 heteroatoms. The van der Waals surface area contributed by atoms with Gasteiger partial charge < -0.3 is 23.7 Å². The quantitative estimate of drug-likeness (QED) is 0.101. The molecule has 0 bridgehead atoms. The summed E-state index contributed by atoms with van der Waals surface area (Å²) in [5.74, 6) is -0.443. The van der Waals surface area contributed by atoms with Crippen LogP contribution in [0, 0.1) is 0 Å². The first-order valence-corrected chi connectivity index (χ1v) is 16.5. The fraction of sp³-hybridized carbons (Fsp3) is 0.316. The lowest BCUT2D eigenvalue weighted by atomic mass is 9.81. The minimum atomic E-state index is -1.86. The van der Waals surface area contributed by atoms with Gasteiger partial charge in [0.25, 0.3) is 0 Å². The van der Waals surface area contributed by atoms with E-state index < -0.39 is 41.1 Å². The van der Waals surface area contributed by atoms with Crippen molar-refractivity contribution in [3.05, 3.63) is 144 Å². The van der Waals surface area contributed by atoms with Gasteiger partial charge in [0.15, 0.2) is 5.44 Å². The van der Waals surface area contributed by atoms with Crippen LogP contribution >= 0.6 is 11.8 Å². The molecule has 4 aromatic rings. The maximum absolute atomic E-state index is 14.8. The van der Waals surface area contributed by atoms with Crippen molar-refractivity contribution in [1.82, 2.24) is 0 Å². The summed E-state index contributed by atoms with van der Waals surface area (Å²) in [4.78, 5) is 27.7. The topological polar surface area (TPSA) is 80.3 Å². The van der Waals surface area contributed by atoms with E-state index in [0.29, 0.717) is 17.9 Å². The van der Waals surface area contributed by atoms with Crippen molar-refractivity contribution in [2.24, 2.45) is 0 Å². The van der Waals surface area contributed by atoms with Crippen LogP contribution < -0.4 is 0 Å². The first-order chi connectivity index (χ1) is 22.5. The van der Waals surface area contributed by atoms with E-state index in [1.165, 1.54) is 18.7 Å². The van der Waals surface area contributed by atoms with Crippen molar-refractivity contribution in [3.63, 3.8) is 0 Å². The van der Waals surface area contributed by atoms with E-state index in [-0.39, 0.29) is 19.8 Å². The van der Waals surface area contributed by atoms with Crippen LogP contribution in [0.15, 0.2) is 121 Å². The fourth-order valence-corrected chi connectivity index (χ4v) is 6.67. The van der Waals surface area contributed by atoms with E-state index in [9.17, 15) is 9.59 Å². The zero-order valence-corrected chi connectivity index (χ0v) is 27.0. The van der Waals surface area contributed by atoms with Crippen LogP contribution in [-0.4, -0.2) is 53.5 Å². The molecule has 4 aromatic carbocycles. The maximum atomic E-state index is 14.8. The molecule has 0 amide bonds. The molecule has 0 radical (unpaired) electrons. The monoisotopic (exact) mass is 640 g/mol. The zero-order chi connectivity index (χ0) is 32.2. The van der Waals surface area contributed by atoms with E-state index in [4.69, 9.17) is 23.7 Å². The number of ketones is 1. The van der Waals surface area contributed by atoms with Gasteiger partial charge in [-0.25, -0.2) is 0 Å². The van der Waals surface area contributed by atoms with E-state index in [1.807, 2.05) is 104 Å². The number of ether oxygens (including phenoxy) is 5. The largest absolute Gasteiger partial charge is 0.444 e. The van der Waals surface area contributed by atoms with Gasteiger partial charge in [-0.3, -0.25) is 9.59 Å². The second-order valence-electron chi connectivity index (χ2n) is 11.0. The SMILES string of the molecule is CCS[C@H]1O[C@H](COCc2ccccc2)[C@@H](OCc2ccccc2)[C@H](OCc2ccccc2)[C@@]1(OC(C)=O)C(=O)c1ccccc1. The van der Waals surface area contributed by atoms with Crippen molar-refractivity contribution in [3.8, 4) is 0 Å². The van der Waals surface area contributed by atoms with Crippen molar-refractivity contribution in [1.29, 1.82) is 0 Å². The van der Waals surface area contributed by atoms with Crippen LogP contribution in [0.2, 0.25) is 0 Å². The lowest BCUT2D eigenvalue weighted by molar-refractivity contribution is -0.270. The molecule has 240 valence electrons. The number of hydrogen-bond acceptors (Lipinski definition) is 8. The Kier molecular flexibility index (Phi) is 12.2. The number of thioether (sulfide) groups is 1. The Hall–Kier alpha value is -3.79. The molecule has 5 rings (SSSR count). The normalized spacial score (nSPS) is 22.7. The summed E-state index contributed by atoms with van der Waals surface area (Å²) in [5, 5.41) is 0. The van der Waals surface area contributed by atoms with Gasteiger partial charge in [-0.05, 0) is 22.4 Å². The van der Waals surface area contributed by atoms with Gasteiger partial charge >= 0.3 is 5.97 Å². The molecule has 46 heavy (non-hydrogen) atoms. The van der Waals surface area contributed by atoms with Crippen LogP contribution in [0.25, 0.3) is 0 Å². The van der Waals surface area contributed by atoms with E-state index in [2.05, 4.69) is 0 Å². The Morgan fingerprint density at radius 3 is 1.74 bits per heavy atom. The molecule has 0 aromatic heterocycles. The average Bonchev–Trinajstić information content (AvgIpc) is 3.09. The third kappa shape index (κ3) is 8.32. The number of benzene rings is 4. The fourth-order valence-electron chi connectivity index (χ4n) is 5.61. The molecular weight excluding hydrogens is 600 g/mol.